The van der Waals surface area contributed by atoms with Crippen molar-refractivity contribution in [3.05, 3.63) is 0 Å². The van der Waals surface area contributed by atoms with Gasteiger partial charge in [-0.05, 0) is 13.8 Å². The third-order valence-electron chi connectivity index (χ3n) is 1.71. The Morgan fingerprint density at radius 1 is 1.40 bits per heavy atom. The summed E-state index contributed by atoms with van der Waals surface area (Å²) in [5, 5.41) is 0. The normalized spacial score (nSPS) is 13.6. The lowest BCUT2D eigenvalue weighted by atomic mass is 10.2. The Hall–Kier alpha value is -0.0900. The molecule has 0 radical (unpaired) electrons. The molecule has 0 aliphatic carbocycles. The molecule has 0 saturated carbocycles. The predicted octanol–water partition coefficient (Wildman–Crippen LogP) is 0.158. The van der Waals surface area contributed by atoms with Gasteiger partial charge in [0.1, 0.15) is 0 Å². The van der Waals surface area contributed by atoms with E-state index in [1.165, 1.54) is 0 Å². The van der Waals surface area contributed by atoms with Crippen molar-refractivity contribution in [1.82, 2.24) is 0 Å². The maximum Gasteiger partial charge on any atom is 0.156 e. The molecule has 0 unspecified atom stereocenters. The van der Waals surface area contributed by atoms with Crippen molar-refractivity contribution in [2.45, 2.75) is 25.5 Å². The first-order valence-corrected chi connectivity index (χ1v) is 4.95. The fraction of sp³-hybridized carbons (Fsp3) is 1.00. The molecule has 0 aliphatic rings. The van der Waals surface area contributed by atoms with Gasteiger partial charge in [0.2, 0.25) is 0 Å². The van der Waals surface area contributed by atoms with E-state index < -0.39 is 14.6 Å². The summed E-state index contributed by atoms with van der Waals surface area (Å²) in [4.78, 5) is 0. The predicted molar refractivity (Wildman–Crippen MR) is 42.6 cm³/mol. The Balaban J connectivity index is 4.64. The molecule has 0 bridgehead atoms. The highest BCUT2D eigenvalue weighted by molar-refractivity contribution is 7.92. The van der Waals surface area contributed by atoms with Gasteiger partial charge in [0.25, 0.3) is 0 Å². The Morgan fingerprint density at radius 3 is 1.90 bits per heavy atom. The van der Waals surface area contributed by atoms with Crippen LogP contribution in [0.1, 0.15) is 20.8 Å². The van der Waals surface area contributed by atoms with Gasteiger partial charge in [0.05, 0.1) is 4.75 Å². The van der Waals surface area contributed by atoms with Crippen molar-refractivity contribution in [3.8, 4) is 0 Å². The zero-order valence-corrected chi connectivity index (χ0v) is 7.53. The third-order valence-corrected chi connectivity index (χ3v) is 4.32. The highest BCUT2D eigenvalue weighted by Crippen LogP contribution is 2.14. The van der Waals surface area contributed by atoms with E-state index in [0.717, 1.165) is 0 Å². The highest BCUT2D eigenvalue weighted by Gasteiger charge is 2.30. The molecular formula is C6H15NO2S. The number of hydrogen-bond acceptors (Lipinski definition) is 3. The van der Waals surface area contributed by atoms with Gasteiger partial charge in [-0.3, -0.25) is 0 Å². The van der Waals surface area contributed by atoms with E-state index in [1.807, 2.05) is 0 Å². The number of hydrogen-bond donors (Lipinski definition) is 1. The molecule has 0 aromatic heterocycles. The molecule has 0 rings (SSSR count). The van der Waals surface area contributed by atoms with E-state index in [2.05, 4.69) is 0 Å². The first-order valence-electron chi connectivity index (χ1n) is 3.30. The Kier molecular flexibility index (Phi) is 2.86. The molecule has 0 aromatic rings. The summed E-state index contributed by atoms with van der Waals surface area (Å²) in [6.45, 7) is 5.10. The fourth-order valence-corrected chi connectivity index (χ4v) is 1.55. The topological polar surface area (TPSA) is 60.2 Å². The molecule has 62 valence electrons. The van der Waals surface area contributed by atoms with Gasteiger partial charge in [-0.1, -0.05) is 6.92 Å². The van der Waals surface area contributed by atoms with Gasteiger partial charge in [-0.15, -0.1) is 0 Å². The number of sulfone groups is 1. The summed E-state index contributed by atoms with van der Waals surface area (Å²) in [7, 11) is -2.97. The largest absolute Gasteiger partial charge is 0.329 e. The smallest absolute Gasteiger partial charge is 0.156 e. The van der Waals surface area contributed by atoms with Crippen molar-refractivity contribution in [2.75, 3.05) is 12.3 Å². The minimum atomic E-state index is -2.97. The summed E-state index contributed by atoms with van der Waals surface area (Å²) in [6.07, 6.45) is 0. The molecule has 3 nitrogen and oxygen atoms in total. The minimum Gasteiger partial charge on any atom is -0.329 e. The standard InChI is InChI=1S/C6H15NO2S/c1-4-10(8,9)6(2,3)5-7/h4-5,7H2,1-3H3. The Bertz CT molecular complexity index is 194. The lowest BCUT2D eigenvalue weighted by Crippen LogP contribution is -2.40. The van der Waals surface area contributed by atoms with Gasteiger partial charge in [-0.2, -0.15) is 0 Å². The van der Waals surface area contributed by atoms with Crippen LogP contribution in [-0.4, -0.2) is 25.5 Å². The second-order valence-corrected chi connectivity index (χ2v) is 5.78. The summed E-state index contributed by atoms with van der Waals surface area (Å²) < 4.78 is 21.6. The Labute approximate surface area is 62.5 Å². The molecule has 2 N–H and O–H groups in total. The molecule has 4 heteroatoms. The SMILES string of the molecule is CCS(=O)(=O)C(C)(C)CN. The molecule has 0 fully saturated rings. The van der Waals surface area contributed by atoms with Gasteiger partial charge in [0, 0.05) is 12.3 Å². The van der Waals surface area contributed by atoms with Crippen LogP contribution in [0.2, 0.25) is 0 Å². The van der Waals surface area contributed by atoms with Crippen LogP contribution in [0.4, 0.5) is 0 Å². The molecule has 10 heavy (non-hydrogen) atoms. The molecule has 0 heterocycles. The van der Waals surface area contributed by atoms with E-state index in [9.17, 15) is 8.42 Å². The van der Waals surface area contributed by atoms with Crippen molar-refractivity contribution < 1.29 is 8.42 Å². The monoisotopic (exact) mass is 165 g/mol. The van der Waals surface area contributed by atoms with Crippen LogP contribution in [0.3, 0.4) is 0 Å². The second-order valence-electron chi connectivity index (χ2n) is 2.87. The molecule has 0 aliphatic heterocycles. The second kappa shape index (κ2) is 2.88. The van der Waals surface area contributed by atoms with E-state index in [4.69, 9.17) is 5.73 Å². The average Bonchev–Trinajstić information content (AvgIpc) is 1.88. The van der Waals surface area contributed by atoms with Crippen LogP contribution in [0, 0.1) is 0 Å². The highest BCUT2D eigenvalue weighted by atomic mass is 32.2. The first-order chi connectivity index (χ1) is 4.37. The summed E-state index contributed by atoms with van der Waals surface area (Å²) in [6, 6.07) is 0. The molecular weight excluding hydrogens is 150 g/mol. The van der Waals surface area contributed by atoms with E-state index >= 15 is 0 Å². The summed E-state index contributed by atoms with van der Waals surface area (Å²) in [5.74, 6) is 0.164. The lowest BCUT2D eigenvalue weighted by Gasteiger charge is -2.21. The van der Waals surface area contributed by atoms with Crippen molar-refractivity contribution in [3.63, 3.8) is 0 Å². The van der Waals surface area contributed by atoms with E-state index in [0.29, 0.717) is 0 Å². The molecule has 0 aromatic carbocycles. The van der Waals surface area contributed by atoms with Crippen molar-refractivity contribution >= 4 is 9.84 Å². The first kappa shape index (κ1) is 9.91. The minimum absolute atomic E-state index is 0.164. The van der Waals surface area contributed by atoms with Crippen LogP contribution < -0.4 is 5.73 Å². The molecule has 0 atom stereocenters. The van der Waals surface area contributed by atoms with Crippen LogP contribution in [0.25, 0.3) is 0 Å². The average molecular weight is 165 g/mol. The number of rotatable bonds is 3. The van der Waals surface area contributed by atoms with Gasteiger partial charge in [0.15, 0.2) is 9.84 Å². The van der Waals surface area contributed by atoms with Crippen molar-refractivity contribution in [1.29, 1.82) is 0 Å². The third kappa shape index (κ3) is 1.70. The Morgan fingerprint density at radius 2 is 1.80 bits per heavy atom. The van der Waals surface area contributed by atoms with Gasteiger partial charge < -0.3 is 5.73 Å². The maximum atomic E-state index is 11.2. The van der Waals surface area contributed by atoms with Crippen LogP contribution in [0.15, 0.2) is 0 Å². The van der Waals surface area contributed by atoms with E-state index in [-0.39, 0.29) is 12.3 Å². The molecule has 0 saturated heterocycles. The quantitative estimate of drug-likeness (QED) is 0.648. The lowest BCUT2D eigenvalue weighted by molar-refractivity contribution is 0.550. The van der Waals surface area contributed by atoms with Gasteiger partial charge in [-0.25, -0.2) is 8.42 Å². The number of nitrogens with two attached hydrogens (primary N) is 1. The van der Waals surface area contributed by atoms with Crippen LogP contribution in [-0.2, 0) is 9.84 Å². The van der Waals surface area contributed by atoms with Gasteiger partial charge >= 0.3 is 0 Å². The van der Waals surface area contributed by atoms with Crippen molar-refractivity contribution in [2.24, 2.45) is 5.73 Å². The van der Waals surface area contributed by atoms with E-state index in [1.54, 1.807) is 20.8 Å². The zero-order chi connectivity index (χ0) is 8.41. The molecule has 0 amide bonds. The summed E-state index contributed by atoms with van der Waals surface area (Å²) in [5.41, 5.74) is 5.29. The summed E-state index contributed by atoms with van der Waals surface area (Å²) >= 11 is 0. The zero-order valence-electron chi connectivity index (χ0n) is 6.72. The molecule has 0 spiro atoms. The fourth-order valence-electron chi connectivity index (χ4n) is 0.518. The maximum absolute atomic E-state index is 11.2. The van der Waals surface area contributed by atoms with Crippen LogP contribution >= 0.6 is 0 Å². The van der Waals surface area contributed by atoms with Crippen LogP contribution in [0.5, 0.6) is 0 Å².